The van der Waals surface area contributed by atoms with Crippen molar-refractivity contribution < 1.29 is 19.1 Å². The predicted molar refractivity (Wildman–Crippen MR) is 114 cm³/mol. The molecule has 2 aromatic rings. The van der Waals surface area contributed by atoms with Gasteiger partial charge < -0.3 is 25.2 Å². The summed E-state index contributed by atoms with van der Waals surface area (Å²) in [4.78, 5) is 40.2. The number of carbonyl (C=O) groups is 3. The summed E-state index contributed by atoms with van der Waals surface area (Å²) in [6.45, 7) is 1.09. The molecule has 156 valence electrons. The van der Waals surface area contributed by atoms with Gasteiger partial charge in [0.15, 0.2) is 6.10 Å². The van der Waals surface area contributed by atoms with E-state index in [4.69, 9.17) is 4.74 Å². The lowest BCUT2D eigenvalue weighted by Gasteiger charge is -2.35. The highest BCUT2D eigenvalue weighted by Gasteiger charge is 2.31. The number of amides is 3. The van der Waals surface area contributed by atoms with E-state index >= 15 is 0 Å². The molecule has 3 amide bonds. The Morgan fingerprint density at radius 1 is 1.13 bits per heavy atom. The zero-order valence-corrected chi connectivity index (χ0v) is 16.8. The number of nitrogens with one attached hydrogen (secondary N) is 2. The number of rotatable bonds is 5. The zero-order valence-electron chi connectivity index (χ0n) is 16.8. The highest BCUT2D eigenvalue weighted by molar-refractivity contribution is 5.97. The number of nitrogens with zero attached hydrogens (tertiary/aromatic N) is 2. The molecule has 30 heavy (non-hydrogen) atoms. The van der Waals surface area contributed by atoms with Crippen LogP contribution in [0.1, 0.15) is 12.8 Å². The van der Waals surface area contributed by atoms with Gasteiger partial charge in [-0.2, -0.15) is 0 Å². The molecule has 0 bridgehead atoms. The third kappa shape index (κ3) is 4.07. The van der Waals surface area contributed by atoms with E-state index < -0.39 is 6.10 Å². The van der Waals surface area contributed by atoms with Crippen molar-refractivity contribution in [3.8, 4) is 5.75 Å². The molecule has 4 rings (SSSR count). The van der Waals surface area contributed by atoms with Gasteiger partial charge in [-0.3, -0.25) is 14.4 Å². The fourth-order valence-electron chi connectivity index (χ4n) is 3.77. The van der Waals surface area contributed by atoms with Crippen LogP contribution in [-0.4, -0.2) is 50.5 Å². The summed E-state index contributed by atoms with van der Waals surface area (Å²) in [5, 5.41) is 5.47. The van der Waals surface area contributed by atoms with Gasteiger partial charge in [-0.1, -0.05) is 12.1 Å². The SMILES string of the molecule is CNC(=O)[C@@H]1CN(CC(=O)Nc2ccc(N3CCCC3=O)cc2)c2ccccc2O1. The van der Waals surface area contributed by atoms with Crippen molar-refractivity contribution >= 4 is 34.8 Å². The third-order valence-corrected chi connectivity index (χ3v) is 5.27. The molecule has 0 aliphatic carbocycles. The maximum absolute atomic E-state index is 12.7. The van der Waals surface area contributed by atoms with Crippen molar-refractivity contribution in [1.29, 1.82) is 0 Å². The molecule has 1 saturated heterocycles. The minimum Gasteiger partial charge on any atom is -0.477 e. The molecule has 0 aromatic heterocycles. The Morgan fingerprint density at radius 2 is 1.90 bits per heavy atom. The molecule has 0 spiro atoms. The molecule has 0 unspecified atom stereocenters. The van der Waals surface area contributed by atoms with E-state index in [-0.39, 0.29) is 30.8 Å². The zero-order chi connectivity index (χ0) is 21.1. The van der Waals surface area contributed by atoms with E-state index in [9.17, 15) is 14.4 Å². The molecule has 1 atom stereocenters. The Kier molecular flexibility index (Phi) is 5.56. The summed E-state index contributed by atoms with van der Waals surface area (Å²) >= 11 is 0. The number of hydrogen-bond donors (Lipinski definition) is 2. The molecule has 2 aliphatic heterocycles. The number of hydrogen-bond acceptors (Lipinski definition) is 5. The number of likely N-dealkylation sites (N-methyl/N-ethyl adjacent to an activating group) is 1. The summed E-state index contributed by atoms with van der Waals surface area (Å²) in [7, 11) is 1.56. The van der Waals surface area contributed by atoms with Crippen molar-refractivity contribution in [2.45, 2.75) is 18.9 Å². The number of ether oxygens (including phenoxy) is 1. The smallest absolute Gasteiger partial charge is 0.262 e. The number of para-hydroxylation sites is 2. The summed E-state index contributed by atoms with van der Waals surface area (Å²) in [5.74, 6) is 0.266. The van der Waals surface area contributed by atoms with Crippen LogP contribution >= 0.6 is 0 Å². The predicted octanol–water partition coefficient (Wildman–Crippen LogP) is 1.77. The average molecular weight is 408 g/mol. The van der Waals surface area contributed by atoms with Crippen LogP contribution in [0.15, 0.2) is 48.5 Å². The van der Waals surface area contributed by atoms with Gasteiger partial charge >= 0.3 is 0 Å². The van der Waals surface area contributed by atoms with Crippen LogP contribution in [0.25, 0.3) is 0 Å². The van der Waals surface area contributed by atoms with Crippen LogP contribution in [0.5, 0.6) is 5.75 Å². The monoisotopic (exact) mass is 408 g/mol. The largest absolute Gasteiger partial charge is 0.477 e. The van der Waals surface area contributed by atoms with Crippen molar-refractivity contribution in [1.82, 2.24) is 5.32 Å². The molecule has 8 heteroatoms. The van der Waals surface area contributed by atoms with Crippen LogP contribution in [0, 0.1) is 0 Å². The first-order chi connectivity index (χ1) is 14.5. The molecule has 0 radical (unpaired) electrons. The molecular formula is C22H24N4O4. The topological polar surface area (TPSA) is 91.0 Å². The highest BCUT2D eigenvalue weighted by atomic mass is 16.5. The standard InChI is InChI=1S/C22H24N4O4/c1-23-22(29)19-13-25(17-5-2-3-6-18(17)30-19)14-20(27)24-15-8-10-16(11-9-15)26-12-4-7-21(26)28/h2-3,5-6,8-11,19H,4,7,12-14H2,1H3,(H,23,29)(H,24,27)/t19-/m0/s1. The van der Waals surface area contributed by atoms with Gasteiger partial charge in [-0.05, 0) is 42.8 Å². The van der Waals surface area contributed by atoms with Crippen LogP contribution in [-0.2, 0) is 14.4 Å². The quantitative estimate of drug-likeness (QED) is 0.787. The van der Waals surface area contributed by atoms with Gasteiger partial charge in [0.25, 0.3) is 5.91 Å². The van der Waals surface area contributed by atoms with Gasteiger partial charge in [0.05, 0.1) is 18.8 Å². The second kappa shape index (κ2) is 8.44. The van der Waals surface area contributed by atoms with E-state index in [2.05, 4.69) is 10.6 Å². The van der Waals surface area contributed by atoms with E-state index in [1.165, 1.54) is 0 Å². The fraction of sp³-hybridized carbons (Fsp3) is 0.318. The summed E-state index contributed by atoms with van der Waals surface area (Å²) < 4.78 is 5.77. The Hall–Kier alpha value is -3.55. The lowest BCUT2D eigenvalue weighted by molar-refractivity contribution is -0.127. The van der Waals surface area contributed by atoms with Crippen LogP contribution < -0.4 is 25.2 Å². The lowest BCUT2D eigenvalue weighted by atomic mass is 10.1. The third-order valence-electron chi connectivity index (χ3n) is 5.27. The molecule has 1 fully saturated rings. The molecule has 2 aliphatic rings. The molecule has 0 saturated carbocycles. The average Bonchev–Trinajstić information content (AvgIpc) is 3.19. The normalized spacial score (nSPS) is 17.9. The van der Waals surface area contributed by atoms with Gasteiger partial charge in [0.2, 0.25) is 11.8 Å². The Balaban J connectivity index is 1.43. The Bertz CT molecular complexity index is 960. The molecule has 2 aromatic carbocycles. The summed E-state index contributed by atoms with van der Waals surface area (Å²) in [5.41, 5.74) is 2.27. The van der Waals surface area contributed by atoms with E-state index in [1.807, 2.05) is 35.2 Å². The first kappa shape index (κ1) is 19.8. The maximum Gasteiger partial charge on any atom is 0.262 e. The highest BCUT2D eigenvalue weighted by Crippen LogP contribution is 2.33. The van der Waals surface area contributed by atoms with Gasteiger partial charge in [-0.15, -0.1) is 0 Å². The molecule has 2 N–H and O–H groups in total. The number of carbonyl (C=O) groups excluding carboxylic acids is 3. The summed E-state index contributed by atoms with van der Waals surface area (Å²) in [6, 6.07) is 14.6. The van der Waals surface area contributed by atoms with Crippen molar-refractivity contribution in [3.05, 3.63) is 48.5 Å². The first-order valence-corrected chi connectivity index (χ1v) is 9.97. The van der Waals surface area contributed by atoms with Crippen LogP contribution in [0.4, 0.5) is 17.1 Å². The molecular weight excluding hydrogens is 384 g/mol. The Morgan fingerprint density at radius 3 is 2.60 bits per heavy atom. The number of fused-ring (bicyclic) bond motifs is 1. The van der Waals surface area contributed by atoms with Crippen LogP contribution in [0.2, 0.25) is 0 Å². The molecule has 8 nitrogen and oxygen atoms in total. The van der Waals surface area contributed by atoms with Crippen molar-refractivity contribution in [3.63, 3.8) is 0 Å². The van der Waals surface area contributed by atoms with E-state index in [0.29, 0.717) is 17.9 Å². The second-order valence-electron chi connectivity index (χ2n) is 7.31. The van der Waals surface area contributed by atoms with Gasteiger partial charge in [0.1, 0.15) is 5.75 Å². The number of anilines is 3. The minimum absolute atomic E-state index is 0.0836. The lowest BCUT2D eigenvalue weighted by Crippen LogP contribution is -2.50. The van der Waals surface area contributed by atoms with Crippen LogP contribution in [0.3, 0.4) is 0 Å². The van der Waals surface area contributed by atoms with Crippen molar-refractivity contribution in [2.24, 2.45) is 0 Å². The maximum atomic E-state index is 12.7. The first-order valence-electron chi connectivity index (χ1n) is 9.97. The van der Waals surface area contributed by atoms with Gasteiger partial charge in [-0.25, -0.2) is 0 Å². The molecule has 2 heterocycles. The second-order valence-corrected chi connectivity index (χ2v) is 7.31. The Labute approximate surface area is 174 Å². The van der Waals surface area contributed by atoms with Crippen molar-refractivity contribution in [2.75, 3.05) is 41.8 Å². The van der Waals surface area contributed by atoms with Gasteiger partial charge in [0, 0.05) is 31.4 Å². The van der Waals surface area contributed by atoms with E-state index in [0.717, 1.165) is 24.3 Å². The fourth-order valence-corrected chi connectivity index (χ4v) is 3.77. The number of benzene rings is 2. The minimum atomic E-state index is -0.685. The summed E-state index contributed by atoms with van der Waals surface area (Å²) in [6.07, 6.45) is 0.765. The van der Waals surface area contributed by atoms with E-state index in [1.54, 1.807) is 30.1 Å².